The quantitative estimate of drug-likeness (QED) is 0.0962. The fourth-order valence-electron chi connectivity index (χ4n) is 6.82. The van der Waals surface area contributed by atoms with Crippen molar-refractivity contribution in [3.8, 4) is 0 Å². The molecule has 0 aromatic heterocycles. The maximum atomic E-state index is 13.5. The van der Waals surface area contributed by atoms with E-state index in [0.717, 1.165) is 22.3 Å². The van der Waals surface area contributed by atoms with Gasteiger partial charge in [-0.3, -0.25) is 29.0 Å². The summed E-state index contributed by atoms with van der Waals surface area (Å²) in [6.07, 6.45) is -0.854. The molecule has 1 saturated heterocycles. The summed E-state index contributed by atoms with van der Waals surface area (Å²) < 4.78 is 45.1. The first-order valence-corrected chi connectivity index (χ1v) is 23.3. The van der Waals surface area contributed by atoms with Gasteiger partial charge in [0.2, 0.25) is 11.8 Å². The van der Waals surface area contributed by atoms with Crippen LogP contribution in [0.25, 0.3) is 0 Å². The van der Waals surface area contributed by atoms with E-state index in [1.165, 1.54) is 0 Å². The molecule has 18 nitrogen and oxygen atoms in total. The van der Waals surface area contributed by atoms with Gasteiger partial charge in [-0.2, -0.15) is 0 Å². The Morgan fingerprint density at radius 1 is 0.400 bits per heavy atom. The lowest BCUT2D eigenvalue weighted by atomic mass is 10.2. The van der Waals surface area contributed by atoms with Crippen molar-refractivity contribution in [2.75, 3.05) is 92.1 Å². The minimum absolute atomic E-state index is 0.0101. The van der Waals surface area contributed by atoms with Gasteiger partial charge in [0, 0.05) is 26.2 Å². The fraction of sp³-hybridized carbons (Fsp3) is 0.423. The third-order valence-electron chi connectivity index (χ3n) is 10.6. The van der Waals surface area contributed by atoms with Gasteiger partial charge in [0.05, 0.1) is 78.8 Å². The van der Waals surface area contributed by atoms with Crippen LogP contribution in [0.4, 0.5) is 0 Å². The molecule has 18 heteroatoms. The van der Waals surface area contributed by atoms with Gasteiger partial charge in [-0.1, -0.05) is 121 Å². The Kier molecular flexibility index (Phi) is 25.1. The van der Waals surface area contributed by atoms with Crippen LogP contribution in [0.15, 0.2) is 121 Å². The van der Waals surface area contributed by atoms with Crippen LogP contribution in [0.3, 0.4) is 0 Å². The van der Waals surface area contributed by atoms with Gasteiger partial charge in [0.1, 0.15) is 38.5 Å². The predicted molar refractivity (Wildman–Crippen MR) is 254 cm³/mol. The highest BCUT2D eigenvalue weighted by Crippen LogP contribution is 2.10. The maximum absolute atomic E-state index is 13.5. The first-order chi connectivity index (χ1) is 34.2. The van der Waals surface area contributed by atoms with Crippen molar-refractivity contribution in [2.45, 2.75) is 51.4 Å². The third kappa shape index (κ3) is 22.7. The first-order valence-electron chi connectivity index (χ1n) is 23.3. The Balaban J connectivity index is 1.08. The van der Waals surface area contributed by atoms with Crippen LogP contribution in [0, 0.1) is 0 Å². The molecule has 1 aliphatic heterocycles. The highest BCUT2D eigenvalue weighted by molar-refractivity contribution is 5.89. The first kappa shape index (κ1) is 54.4. The molecule has 376 valence electrons. The van der Waals surface area contributed by atoms with E-state index in [1.807, 2.05) is 107 Å². The molecular weight excluding hydrogens is 905 g/mol. The lowest BCUT2D eigenvalue weighted by Gasteiger charge is -2.24. The summed E-state index contributed by atoms with van der Waals surface area (Å²) in [6.45, 7) is 2.99. The van der Waals surface area contributed by atoms with Crippen LogP contribution in [0.1, 0.15) is 35.1 Å². The van der Waals surface area contributed by atoms with Gasteiger partial charge in [-0.25, -0.2) is 9.59 Å². The zero-order chi connectivity index (χ0) is 49.4. The maximum Gasteiger partial charge on any atom is 0.329 e. The second-order valence-electron chi connectivity index (χ2n) is 16.1. The molecule has 1 aliphatic rings. The lowest BCUT2D eigenvalue weighted by Crippen LogP contribution is -2.48. The SMILES string of the molecule is O=C(CN1CCOCCOCCN(CC(=O)N[C@H](CC(=O)OCc2ccccc2)C(=O)OCc2ccccc2)CCOCCOCC1)N[C@@H](CC(=O)OCc1ccccc1)C(=O)OCc1ccccc1. The highest BCUT2D eigenvalue weighted by Gasteiger charge is 2.29. The van der Waals surface area contributed by atoms with E-state index < -0.39 is 60.6 Å². The van der Waals surface area contributed by atoms with Gasteiger partial charge in [-0.05, 0) is 22.3 Å². The summed E-state index contributed by atoms with van der Waals surface area (Å²) in [5, 5.41) is 5.35. The van der Waals surface area contributed by atoms with Gasteiger partial charge in [-0.15, -0.1) is 0 Å². The molecule has 70 heavy (non-hydrogen) atoms. The average molecular weight is 969 g/mol. The minimum atomic E-state index is -1.29. The van der Waals surface area contributed by atoms with Crippen molar-refractivity contribution in [1.29, 1.82) is 0 Å². The summed E-state index contributed by atoms with van der Waals surface area (Å²) in [4.78, 5) is 82.8. The van der Waals surface area contributed by atoms with Crippen LogP contribution < -0.4 is 10.6 Å². The summed E-state index contributed by atoms with van der Waals surface area (Å²) in [5.41, 5.74) is 3.05. The standard InChI is InChI=1S/C52H64N4O14/c57-47(53-45(51(61)69-39-43-17-9-3-10-18-43)33-49(59)67-37-41-13-5-1-6-14-41)35-55-21-25-63-29-31-65-27-23-56(24-28-66-32-30-64-26-22-55)36-48(58)54-46(52(62)70-40-44-19-11-4-12-20-44)34-50(60)68-38-42-15-7-2-8-16-42/h1-20,45-46H,21-40H2,(H,53,57)(H,54,58)/t45-,46+. The number of hydrogen-bond donors (Lipinski definition) is 2. The molecule has 0 unspecified atom stereocenters. The highest BCUT2D eigenvalue weighted by atomic mass is 16.6. The van der Waals surface area contributed by atoms with Crippen molar-refractivity contribution in [1.82, 2.24) is 20.4 Å². The van der Waals surface area contributed by atoms with Gasteiger partial charge in [0.15, 0.2) is 0 Å². The summed E-state index contributed by atoms with van der Waals surface area (Å²) >= 11 is 0. The molecule has 1 fully saturated rings. The van der Waals surface area contributed by atoms with E-state index in [-0.39, 0.29) is 92.4 Å². The zero-order valence-electron chi connectivity index (χ0n) is 39.5. The van der Waals surface area contributed by atoms with Crippen LogP contribution >= 0.6 is 0 Å². The van der Waals surface area contributed by atoms with Crippen LogP contribution in [-0.4, -0.2) is 150 Å². The Morgan fingerprint density at radius 2 is 0.671 bits per heavy atom. The van der Waals surface area contributed by atoms with Crippen LogP contribution in [0.5, 0.6) is 0 Å². The average Bonchev–Trinajstić information content (AvgIpc) is 3.37. The predicted octanol–water partition coefficient (Wildman–Crippen LogP) is 3.39. The molecule has 0 spiro atoms. The number of rotatable bonds is 20. The van der Waals surface area contributed by atoms with Crippen molar-refractivity contribution in [3.05, 3.63) is 144 Å². The minimum Gasteiger partial charge on any atom is -0.461 e. The number of amides is 2. The molecule has 2 amide bonds. The number of hydrogen-bond acceptors (Lipinski definition) is 16. The molecular formula is C52H64N4O14. The zero-order valence-corrected chi connectivity index (χ0v) is 39.5. The number of ether oxygens (including phenoxy) is 8. The molecule has 4 aromatic rings. The monoisotopic (exact) mass is 968 g/mol. The number of nitrogens with zero attached hydrogens (tertiary/aromatic N) is 2. The molecule has 0 aliphatic carbocycles. The smallest absolute Gasteiger partial charge is 0.329 e. The second kappa shape index (κ2) is 32.3. The topological polar surface area (TPSA) is 207 Å². The number of esters is 4. The van der Waals surface area contributed by atoms with Crippen LogP contribution in [0.2, 0.25) is 0 Å². The Hall–Kier alpha value is -6.54. The van der Waals surface area contributed by atoms with Crippen molar-refractivity contribution in [2.24, 2.45) is 0 Å². The molecule has 4 aromatic carbocycles. The Bertz CT molecular complexity index is 1980. The van der Waals surface area contributed by atoms with E-state index in [9.17, 15) is 28.8 Å². The van der Waals surface area contributed by atoms with E-state index in [4.69, 9.17) is 37.9 Å². The molecule has 1 heterocycles. The van der Waals surface area contributed by atoms with E-state index in [0.29, 0.717) is 26.2 Å². The van der Waals surface area contributed by atoms with E-state index in [1.54, 1.807) is 24.3 Å². The molecule has 0 radical (unpaired) electrons. The molecule has 5 rings (SSSR count). The second-order valence-corrected chi connectivity index (χ2v) is 16.1. The van der Waals surface area contributed by atoms with Crippen molar-refractivity contribution >= 4 is 35.7 Å². The number of carbonyl (C=O) groups is 6. The van der Waals surface area contributed by atoms with Gasteiger partial charge < -0.3 is 48.5 Å². The summed E-state index contributed by atoms with van der Waals surface area (Å²) in [6, 6.07) is 33.8. The van der Waals surface area contributed by atoms with Crippen molar-refractivity contribution < 1.29 is 66.7 Å². The number of carbonyl (C=O) groups excluding carboxylic acids is 6. The molecule has 2 atom stereocenters. The number of nitrogens with one attached hydrogen (secondary N) is 2. The lowest BCUT2D eigenvalue weighted by molar-refractivity contribution is -0.155. The van der Waals surface area contributed by atoms with Crippen LogP contribution in [-0.2, 0) is 93.1 Å². The van der Waals surface area contributed by atoms with E-state index >= 15 is 0 Å². The third-order valence-corrected chi connectivity index (χ3v) is 10.6. The summed E-state index contributed by atoms with van der Waals surface area (Å²) in [7, 11) is 0. The molecule has 2 N–H and O–H groups in total. The number of benzene rings is 4. The van der Waals surface area contributed by atoms with Crippen molar-refractivity contribution in [3.63, 3.8) is 0 Å². The Labute approximate surface area is 408 Å². The molecule has 0 saturated carbocycles. The van der Waals surface area contributed by atoms with Gasteiger partial charge >= 0.3 is 23.9 Å². The van der Waals surface area contributed by atoms with E-state index in [2.05, 4.69) is 10.6 Å². The molecule has 0 bridgehead atoms. The normalized spacial score (nSPS) is 15.7. The largest absolute Gasteiger partial charge is 0.461 e. The fourth-order valence-corrected chi connectivity index (χ4v) is 6.82. The summed E-state index contributed by atoms with van der Waals surface area (Å²) in [5.74, 6) is -3.92. The van der Waals surface area contributed by atoms with Gasteiger partial charge in [0.25, 0.3) is 0 Å². The Morgan fingerprint density at radius 3 is 0.957 bits per heavy atom.